The summed E-state index contributed by atoms with van der Waals surface area (Å²) >= 11 is 0. The molecule has 0 aliphatic heterocycles. The predicted octanol–water partition coefficient (Wildman–Crippen LogP) is -1.49. The van der Waals surface area contributed by atoms with E-state index in [0.717, 1.165) is 0 Å². The van der Waals surface area contributed by atoms with Gasteiger partial charge in [-0.2, -0.15) is 0 Å². The SMILES string of the molecule is CC(C)C(N)C(=O)NC(Cc1cnc[nH]1)C(=O)NC(C(=O)NC(C(=O)O)C(C)O)C(C)C. The Labute approximate surface area is 186 Å². The maximum Gasteiger partial charge on any atom is 0.328 e. The summed E-state index contributed by atoms with van der Waals surface area (Å²) < 4.78 is 0. The van der Waals surface area contributed by atoms with Crippen LogP contribution in [-0.4, -0.2) is 74.1 Å². The molecule has 0 radical (unpaired) electrons. The van der Waals surface area contributed by atoms with E-state index in [1.54, 1.807) is 27.7 Å². The molecule has 5 atom stereocenters. The number of aromatic amines is 1. The molecule has 0 saturated carbocycles. The number of aliphatic carboxylic acids is 1. The average Bonchev–Trinajstić information content (AvgIpc) is 3.20. The van der Waals surface area contributed by atoms with Crippen LogP contribution in [0.1, 0.15) is 40.3 Å². The van der Waals surface area contributed by atoms with Crippen molar-refractivity contribution >= 4 is 23.7 Å². The molecule has 0 spiro atoms. The first-order valence-corrected chi connectivity index (χ1v) is 10.4. The molecule has 180 valence electrons. The van der Waals surface area contributed by atoms with Crippen LogP contribution in [0.25, 0.3) is 0 Å². The highest BCUT2D eigenvalue weighted by Crippen LogP contribution is 2.07. The Morgan fingerprint density at radius 3 is 2.00 bits per heavy atom. The number of nitrogens with zero attached hydrogens (tertiary/aromatic N) is 1. The largest absolute Gasteiger partial charge is 0.480 e. The third-order valence-corrected chi connectivity index (χ3v) is 4.93. The number of rotatable bonds is 12. The number of carbonyl (C=O) groups is 4. The number of hydrogen-bond acceptors (Lipinski definition) is 7. The highest BCUT2D eigenvalue weighted by atomic mass is 16.4. The van der Waals surface area contributed by atoms with Gasteiger partial charge in [0, 0.05) is 18.3 Å². The number of amides is 3. The van der Waals surface area contributed by atoms with E-state index in [1.807, 2.05) is 0 Å². The fourth-order valence-corrected chi connectivity index (χ4v) is 2.82. The van der Waals surface area contributed by atoms with E-state index in [-0.39, 0.29) is 12.3 Å². The van der Waals surface area contributed by atoms with Crippen molar-refractivity contribution in [3.8, 4) is 0 Å². The number of aliphatic hydroxyl groups is 1. The van der Waals surface area contributed by atoms with E-state index in [4.69, 9.17) is 5.73 Å². The zero-order valence-corrected chi connectivity index (χ0v) is 19.0. The Bertz CT molecular complexity index is 780. The molecule has 32 heavy (non-hydrogen) atoms. The van der Waals surface area contributed by atoms with E-state index >= 15 is 0 Å². The lowest BCUT2D eigenvalue weighted by Crippen LogP contribution is -2.60. The Kier molecular flexibility index (Phi) is 10.3. The minimum Gasteiger partial charge on any atom is -0.480 e. The van der Waals surface area contributed by atoms with Gasteiger partial charge in [-0.05, 0) is 18.8 Å². The Morgan fingerprint density at radius 1 is 0.969 bits per heavy atom. The molecule has 0 aliphatic carbocycles. The van der Waals surface area contributed by atoms with Gasteiger partial charge in [-0.3, -0.25) is 14.4 Å². The molecule has 0 aliphatic rings. The van der Waals surface area contributed by atoms with Gasteiger partial charge < -0.3 is 36.9 Å². The zero-order chi connectivity index (χ0) is 24.6. The van der Waals surface area contributed by atoms with Crippen molar-refractivity contribution in [3.63, 3.8) is 0 Å². The molecule has 0 fully saturated rings. The lowest BCUT2D eigenvalue weighted by atomic mass is 10.0. The van der Waals surface area contributed by atoms with Crippen molar-refractivity contribution in [1.29, 1.82) is 0 Å². The minimum atomic E-state index is -1.54. The number of aliphatic hydroxyl groups excluding tert-OH is 1. The molecule has 8 N–H and O–H groups in total. The number of imidazole rings is 1. The van der Waals surface area contributed by atoms with Crippen molar-refractivity contribution in [2.45, 2.75) is 71.3 Å². The van der Waals surface area contributed by atoms with Crippen LogP contribution < -0.4 is 21.7 Å². The van der Waals surface area contributed by atoms with Crippen LogP contribution >= 0.6 is 0 Å². The highest BCUT2D eigenvalue weighted by molar-refractivity contribution is 5.94. The average molecular weight is 455 g/mol. The van der Waals surface area contributed by atoms with Crippen LogP contribution in [0.3, 0.4) is 0 Å². The smallest absolute Gasteiger partial charge is 0.328 e. The van der Waals surface area contributed by atoms with E-state index in [1.165, 1.54) is 19.4 Å². The van der Waals surface area contributed by atoms with Gasteiger partial charge in [-0.1, -0.05) is 27.7 Å². The third kappa shape index (κ3) is 7.93. The maximum absolute atomic E-state index is 13.0. The minimum absolute atomic E-state index is 0.0697. The Hall–Kier alpha value is -2.99. The molecule has 1 rings (SSSR count). The van der Waals surface area contributed by atoms with E-state index in [0.29, 0.717) is 5.69 Å². The molecule has 0 saturated heterocycles. The second-order valence-corrected chi connectivity index (χ2v) is 8.41. The van der Waals surface area contributed by atoms with Crippen molar-refractivity contribution in [1.82, 2.24) is 25.9 Å². The normalized spacial score (nSPS) is 16.0. The molecular formula is C20H34N6O6. The fraction of sp³-hybridized carbons (Fsp3) is 0.650. The van der Waals surface area contributed by atoms with Crippen molar-refractivity contribution < 1.29 is 29.4 Å². The van der Waals surface area contributed by atoms with E-state index in [2.05, 4.69) is 25.9 Å². The van der Waals surface area contributed by atoms with Gasteiger partial charge in [0.25, 0.3) is 0 Å². The summed E-state index contributed by atoms with van der Waals surface area (Å²) in [5.41, 5.74) is 6.46. The van der Waals surface area contributed by atoms with Crippen LogP contribution in [0.15, 0.2) is 12.5 Å². The molecular weight excluding hydrogens is 420 g/mol. The molecule has 12 heteroatoms. The monoisotopic (exact) mass is 454 g/mol. The van der Waals surface area contributed by atoms with Gasteiger partial charge in [-0.15, -0.1) is 0 Å². The standard InChI is InChI=1S/C20H34N6O6/c1-9(2)14(21)18(29)24-13(6-12-7-22-8-23-12)17(28)25-15(10(3)4)19(30)26-16(11(5)27)20(31)32/h7-11,13-16,27H,6,21H2,1-5H3,(H,22,23)(H,24,29)(H,25,28)(H,26,30)(H,31,32). The Balaban J connectivity index is 3.03. The molecule has 3 amide bonds. The summed E-state index contributed by atoms with van der Waals surface area (Å²) in [6.45, 7) is 8.11. The second kappa shape index (κ2) is 12.2. The zero-order valence-electron chi connectivity index (χ0n) is 19.0. The number of H-pyrrole nitrogens is 1. The fourth-order valence-electron chi connectivity index (χ4n) is 2.82. The highest BCUT2D eigenvalue weighted by Gasteiger charge is 2.33. The number of aromatic nitrogens is 2. The second-order valence-electron chi connectivity index (χ2n) is 8.41. The predicted molar refractivity (Wildman–Crippen MR) is 115 cm³/mol. The summed E-state index contributed by atoms with van der Waals surface area (Å²) in [6, 6.07) is -4.54. The summed E-state index contributed by atoms with van der Waals surface area (Å²) in [6.07, 6.45) is 1.66. The van der Waals surface area contributed by atoms with Gasteiger partial charge in [-0.25, -0.2) is 9.78 Å². The topological polar surface area (TPSA) is 200 Å². The first-order valence-electron chi connectivity index (χ1n) is 10.4. The first kappa shape index (κ1) is 27.0. The van der Waals surface area contributed by atoms with Crippen LogP contribution in [-0.2, 0) is 25.6 Å². The molecule has 12 nitrogen and oxygen atoms in total. The van der Waals surface area contributed by atoms with Gasteiger partial charge in [0.05, 0.1) is 18.5 Å². The third-order valence-electron chi connectivity index (χ3n) is 4.93. The number of carbonyl (C=O) groups excluding carboxylic acids is 3. The lowest BCUT2D eigenvalue weighted by Gasteiger charge is -2.27. The number of nitrogens with two attached hydrogens (primary N) is 1. The number of nitrogens with one attached hydrogen (secondary N) is 4. The quantitative estimate of drug-likeness (QED) is 0.198. The lowest BCUT2D eigenvalue weighted by molar-refractivity contribution is -0.145. The van der Waals surface area contributed by atoms with Gasteiger partial charge in [0.15, 0.2) is 6.04 Å². The molecule has 0 aromatic carbocycles. The number of hydrogen-bond donors (Lipinski definition) is 7. The maximum atomic E-state index is 13.0. The first-order chi connectivity index (χ1) is 14.8. The van der Waals surface area contributed by atoms with Crippen molar-refractivity contribution in [3.05, 3.63) is 18.2 Å². The molecule has 1 aromatic rings. The molecule has 0 bridgehead atoms. The number of carboxylic acid groups (broad SMARTS) is 1. The van der Waals surface area contributed by atoms with Crippen molar-refractivity contribution in [2.24, 2.45) is 17.6 Å². The summed E-state index contributed by atoms with van der Waals surface area (Å²) in [7, 11) is 0. The van der Waals surface area contributed by atoms with E-state index in [9.17, 15) is 29.4 Å². The van der Waals surface area contributed by atoms with E-state index < -0.39 is 59.9 Å². The summed E-state index contributed by atoms with van der Waals surface area (Å²) in [5, 5.41) is 26.2. The van der Waals surface area contributed by atoms with Crippen LogP contribution in [0, 0.1) is 11.8 Å². The summed E-state index contributed by atoms with van der Waals surface area (Å²) in [4.78, 5) is 56.2. The van der Waals surface area contributed by atoms with Gasteiger partial charge in [0.2, 0.25) is 17.7 Å². The molecule has 1 aromatic heterocycles. The number of carboxylic acids is 1. The van der Waals surface area contributed by atoms with Crippen LogP contribution in [0.5, 0.6) is 0 Å². The van der Waals surface area contributed by atoms with Gasteiger partial charge in [0.1, 0.15) is 12.1 Å². The van der Waals surface area contributed by atoms with Crippen LogP contribution in [0.4, 0.5) is 0 Å². The molecule has 5 unspecified atom stereocenters. The van der Waals surface area contributed by atoms with Gasteiger partial charge >= 0.3 is 5.97 Å². The molecule has 1 heterocycles. The summed E-state index contributed by atoms with van der Waals surface area (Å²) in [5.74, 6) is -3.93. The van der Waals surface area contributed by atoms with Crippen LogP contribution in [0.2, 0.25) is 0 Å². The van der Waals surface area contributed by atoms with Crippen molar-refractivity contribution in [2.75, 3.05) is 0 Å². The Morgan fingerprint density at radius 2 is 1.56 bits per heavy atom.